The van der Waals surface area contributed by atoms with Crippen LogP contribution in [0.5, 0.6) is 5.75 Å². The molecule has 154 valence electrons. The van der Waals surface area contributed by atoms with Crippen LogP contribution in [0.1, 0.15) is 11.1 Å². The van der Waals surface area contributed by atoms with Crippen LogP contribution in [-0.2, 0) is 11.2 Å². The van der Waals surface area contributed by atoms with E-state index >= 15 is 0 Å². The Morgan fingerprint density at radius 2 is 2.07 bits per heavy atom. The van der Waals surface area contributed by atoms with E-state index in [4.69, 9.17) is 20.8 Å². The molecule has 30 heavy (non-hydrogen) atoms. The quantitative estimate of drug-likeness (QED) is 0.452. The monoisotopic (exact) mass is 428 g/mol. The van der Waals surface area contributed by atoms with Crippen LogP contribution in [0, 0.1) is 12.7 Å². The summed E-state index contributed by atoms with van der Waals surface area (Å²) < 4.78 is 24.1. The van der Waals surface area contributed by atoms with Gasteiger partial charge in [0, 0.05) is 41.2 Å². The number of halogens is 2. The lowest BCUT2D eigenvalue weighted by atomic mass is 10.1. The highest BCUT2D eigenvalue weighted by atomic mass is 35.5. The van der Waals surface area contributed by atoms with Crippen LogP contribution < -0.4 is 15.7 Å². The molecule has 2 heterocycles. The van der Waals surface area contributed by atoms with Gasteiger partial charge in [-0.05, 0) is 48.7 Å². The standard InChI is InChI=1S/C22H18ClFN2O4/c1-12-6-22(28)30-19-9-20(17(23)8-15(12)19)29-11-21(27)25-5-4-13-10-26-18-3-2-14(24)7-16(13)18/h2-3,6-10,26H,4-5,11H2,1H3,(H,25,27). The van der Waals surface area contributed by atoms with Crippen LogP contribution in [0.3, 0.4) is 0 Å². The summed E-state index contributed by atoms with van der Waals surface area (Å²) in [6.45, 7) is 1.90. The first-order valence-electron chi connectivity index (χ1n) is 9.30. The van der Waals surface area contributed by atoms with Gasteiger partial charge in [-0.3, -0.25) is 4.79 Å². The number of aryl methyl sites for hydroxylation is 1. The van der Waals surface area contributed by atoms with Gasteiger partial charge in [0.2, 0.25) is 0 Å². The molecule has 0 fully saturated rings. The summed E-state index contributed by atoms with van der Waals surface area (Å²) in [5.74, 6) is -0.387. The van der Waals surface area contributed by atoms with Gasteiger partial charge >= 0.3 is 5.63 Å². The smallest absolute Gasteiger partial charge is 0.336 e. The SMILES string of the molecule is Cc1cc(=O)oc2cc(OCC(=O)NCCc3c[nH]c4ccc(F)cc34)c(Cl)cc12. The maximum absolute atomic E-state index is 13.4. The first-order chi connectivity index (χ1) is 14.4. The number of carbonyl (C=O) groups excluding carboxylic acids is 1. The molecule has 0 saturated carbocycles. The molecule has 2 aromatic heterocycles. The average Bonchev–Trinajstić information content (AvgIpc) is 3.09. The van der Waals surface area contributed by atoms with Gasteiger partial charge in [-0.1, -0.05) is 11.6 Å². The lowest BCUT2D eigenvalue weighted by molar-refractivity contribution is -0.123. The molecule has 0 aliphatic heterocycles. The minimum absolute atomic E-state index is 0.246. The zero-order valence-corrected chi connectivity index (χ0v) is 16.8. The fourth-order valence-electron chi connectivity index (χ4n) is 3.32. The Kier molecular flexibility index (Phi) is 5.46. The molecule has 1 amide bonds. The second-order valence-electron chi connectivity index (χ2n) is 6.92. The first kappa shape index (κ1) is 20.0. The van der Waals surface area contributed by atoms with E-state index in [1.54, 1.807) is 25.3 Å². The van der Waals surface area contributed by atoms with Crippen LogP contribution in [-0.4, -0.2) is 24.0 Å². The number of benzene rings is 2. The molecule has 0 atom stereocenters. The molecule has 6 nitrogen and oxygen atoms in total. The topological polar surface area (TPSA) is 84.3 Å². The van der Waals surface area contributed by atoms with Gasteiger partial charge < -0.3 is 19.5 Å². The van der Waals surface area contributed by atoms with Gasteiger partial charge in [0.1, 0.15) is 17.1 Å². The van der Waals surface area contributed by atoms with Crippen molar-refractivity contribution in [2.24, 2.45) is 0 Å². The van der Waals surface area contributed by atoms with Crippen molar-refractivity contribution in [2.75, 3.05) is 13.2 Å². The maximum Gasteiger partial charge on any atom is 0.336 e. The maximum atomic E-state index is 13.4. The fourth-order valence-corrected chi connectivity index (χ4v) is 3.54. The zero-order valence-electron chi connectivity index (χ0n) is 16.1. The Morgan fingerprint density at radius 3 is 2.90 bits per heavy atom. The zero-order chi connectivity index (χ0) is 21.3. The third-order valence-corrected chi connectivity index (χ3v) is 5.10. The van der Waals surface area contributed by atoms with E-state index in [9.17, 15) is 14.0 Å². The second-order valence-corrected chi connectivity index (χ2v) is 7.33. The third-order valence-electron chi connectivity index (χ3n) is 4.81. The van der Waals surface area contributed by atoms with Crippen molar-refractivity contribution < 1.29 is 18.3 Å². The van der Waals surface area contributed by atoms with Crippen molar-refractivity contribution in [3.8, 4) is 5.75 Å². The molecule has 0 aliphatic rings. The molecular formula is C22H18ClFN2O4. The Hall–Kier alpha value is -3.32. The summed E-state index contributed by atoms with van der Waals surface area (Å²) in [6, 6.07) is 9.06. The molecule has 0 bridgehead atoms. The van der Waals surface area contributed by atoms with Gasteiger partial charge in [-0.2, -0.15) is 0 Å². The third kappa shape index (κ3) is 4.16. The summed E-state index contributed by atoms with van der Waals surface area (Å²) in [4.78, 5) is 26.8. The number of fused-ring (bicyclic) bond motifs is 2. The summed E-state index contributed by atoms with van der Waals surface area (Å²) in [5, 5.41) is 4.56. The van der Waals surface area contributed by atoms with Gasteiger partial charge in [0.25, 0.3) is 5.91 Å². The van der Waals surface area contributed by atoms with Gasteiger partial charge in [0.15, 0.2) is 6.61 Å². The number of carbonyl (C=O) groups is 1. The Labute approximate surface area is 175 Å². The molecule has 0 aliphatic carbocycles. The summed E-state index contributed by atoms with van der Waals surface area (Å²) in [5.41, 5.74) is 2.36. The van der Waals surface area contributed by atoms with Gasteiger partial charge in [0.05, 0.1) is 5.02 Å². The van der Waals surface area contributed by atoms with E-state index in [0.29, 0.717) is 29.0 Å². The van der Waals surface area contributed by atoms with Crippen molar-refractivity contribution in [1.82, 2.24) is 10.3 Å². The van der Waals surface area contributed by atoms with E-state index in [-0.39, 0.29) is 24.1 Å². The number of hydrogen-bond donors (Lipinski definition) is 2. The molecule has 4 aromatic rings. The number of nitrogens with one attached hydrogen (secondary N) is 2. The van der Waals surface area contributed by atoms with E-state index in [1.165, 1.54) is 24.3 Å². The highest BCUT2D eigenvalue weighted by molar-refractivity contribution is 6.32. The van der Waals surface area contributed by atoms with E-state index < -0.39 is 5.63 Å². The predicted octanol–water partition coefficient (Wildman–Crippen LogP) is 4.11. The van der Waals surface area contributed by atoms with Crippen molar-refractivity contribution >= 4 is 39.4 Å². The molecule has 0 unspecified atom stereocenters. The lowest BCUT2D eigenvalue weighted by Gasteiger charge is -2.10. The van der Waals surface area contributed by atoms with Crippen molar-refractivity contribution in [1.29, 1.82) is 0 Å². The van der Waals surface area contributed by atoms with Crippen molar-refractivity contribution in [2.45, 2.75) is 13.3 Å². The number of ether oxygens (including phenoxy) is 1. The van der Waals surface area contributed by atoms with Gasteiger partial charge in [-0.25, -0.2) is 9.18 Å². The fraction of sp³-hybridized carbons (Fsp3) is 0.182. The van der Waals surface area contributed by atoms with E-state index in [0.717, 1.165) is 22.0 Å². The number of aromatic nitrogens is 1. The molecule has 8 heteroatoms. The van der Waals surface area contributed by atoms with Crippen molar-refractivity contribution in [3.63, 3.8) is 0 Å². The van der Waals surface area contributed by atoms with Crippen LogP contribution >= 0.6 is 11.6 Å². The van der Waals surface area contributed by atoms with Crippen LogP contribution in [0.4, 0.5) is 4.39 Å². The molecule has 0 saturated heterocycles. The minimum atomic E-state index is -0.469. The average molecular weight is 429 g/mol. The number of rotatable bonds is 6. The predicted molar refractivity (Wildman–Crippen MR) is 113 cm³/mol. The second kappa shape index (κ2) is 8.20. The number of H-pyrrole nitrogens is 1. The number of aromatic amines is 1. The van der Waals surface area contributed by atoms with Crippen LogP contribution in [0.25, 0.3) is 21.9 Å². The Balaban J connectivity index is 1.36. The normalized spacial score (nSPS) is 11.2. The first-order valence-corrected chi connectivity index (χ1v) is 9.67. The number of hydrogen-bond acceptors (Lipinski definition) is 4. The van der Waals surface area contributed by atoms with E-state index in [1.807, 2.05) is 0 Å². The van der Waals surface area contributed by atoms with E-state index in [2.05, 4.69) is 10.3 Å². The Bertz CT molecular complexity index is 1310. The van der Waals surface area contributed by atoms with Gasteiger partial charge in [-0.15, -0.1) is 0 Å². The molecule has 4 rings (SSSR count). The highest BCUT2D eigenvalue weighted by Gasteiger charge is 2.11. The summed E-state index contributed by atoms with van der Waals surface area (Å²) >= 11 is 6.23. The van der Waals surface area contributed by atoms with Crippen molar-refractivity contribution in [3.05, 3.63) is 75.0 Å². The van der Waals surface area contributed by atoms with Crippen LogP contribution in [0.15, 0.2) is 51.8 Å². The minimum Gasteiger partial charge on any atom is -0.482 e. The largest absolute Gasteiger partial charge is 0.482 e. The molecule has 0 spiro atoms. The molecule has 2 aromatic carbocycles. The Morgan fingerprint density at radius 1 is 1.23 bits per heavy atom. The molecule has 2 N–H and O–H groups in total. The van der Waals surface area contributed by atoms with Crippen LogP contribution in [0.2, 0.25) is 5.02 Å². The summed E-state index contributed by atoms with van der Waals surface area (Å²) in [6.07, 6.45) is 2.34. The summed E-state index contributed by atoms with van der Waals surface area (Å²) in [7, 11) is 0. The molecular weight excluding hydrogens is 411 g/mol. The molecule has 0 radical (unpaired) electrons. The lowest BCUT2D eigenvalue weighted by Crippen LogP contribution is -2.30. The number of amides is 1. The highest BCUT2D eigenvalue weighted by Crippen LogP contribution is 2.31.